The van der Waals surface area contributed by atoms with E-state index in [0.29, 0.717) is 13.1 Å². The topological polar surface area (TPSA) is 70.4 Å². The summed E-state index contributed by atoms with van der Waals surface area (Å²) in [7, 11) is 0. The zero-order valence-corrected chi connectivity index (χ0v) is 15.2. The van der Waals surface area contributed by atoms with Crippen LogP contribution in [-0.2, 0) is 4.79 Å². The minimum absolute atomic E-state index is 0.119. The van der Waals surface area contributed by atoms with Crippen LogP contribution in [0.25, 0.3) is 0 Å². The fraction of sp³-hybridized carbons (Fsp3) is 0.556. The van der Waals surface area contributed by atoms with Gasteiger partial charge in [0.2, 0.25) is 5.91 Å². The molecule has 4 heterocycles. The van der Waals surface area contributed by atoms with Gasteiger partial charge in [-0.15, -0.1) is 0 Å². The maximum Gasteiger partial charge on any atom is 0.247 e. The van der Waals surface area contributed by atoms with E-state index in [9.17, 15) is 4.79 Å². The molecule has 1 atom stereocenters. The second kappa shape index (κ2) is 7.31. The van der Waals surface area contributed by atoms with E-state index in [0.717, 1.165) is 37.8 Å². The highest BCUT2D eigenvalue weighted by Gasteiger charge is 2.27. The molecule has 0 N–H and O–H groups in total. The highest BCUT2D eigenvalue weighted by molar-refractivity contribution is 5.80. The van der Waals surface area contributed by atoms with Crippen LogP contribution in [-0.4, -0.2) is 69.8 Å². The molecular weight excluding hydrogens is 330 g/mol. The third-order valence-electron chi connectivity index (χ3n) is 5.26. The lowest BCUT2D eigenvalue weighted by Crippen LogP contribution is -2.50. The fourth-order valence-corrected chi connectivity index (χ4v) is 3.67. The predicted molar refractivity (Wildman–Crippen MR) is 99.2 cm³/mol. The van der Waals surface area contributed by atoms with Crippen molar-refractivity contribution in [3.8, 4) is 0 Å². The van der Waals surface area contributed by atoms with Gasteiger partial charge in [0.15, 0.2) is 0 Å². The van der Waals surface area contributed by atoms with E-state index in [2.05, 4.69) is 30.9 Å². The number of carbonyl (C=O) groups is 1. The SMILES string of the molecule is CC(C(=O)N1CCN(c2cc(N3CCCC3)ncn2)CC1)n1cccn1. The van der Waals surface area contributed by atoms with Gasteiger partial charge in [-0.2, -0.15) is 5.10 Å². The molecule has 26 heavy (non-hydrogen) atoms. The summed E-state index contributed by atoms with van der Waals surface area (Å²) < 4.78 is 1.71. The molecule has 2 aromatic rings. The van der Waals surface area contributed by atoms with Crippen LogP contribution in [0.1, 0.15) is 25.8 Å². The van der Waals surface area contributed by atoms with E-state index < -0.39 is 0 Å². The lowest BCUT2D eigenvalue weighted by molar-refractivity contribution is -0.134. The van der Waals surface area contributed by atoms with Gasteiger partial charge in [0.25, 0.3) is 0 Å². The lowest BCUT2D eigenvalue weighted by Gasteiger charge is -2.36. The van der Waals surface area contributed by atoms with Crippen molar-refractivity contribution in [1.82, 2.24) is 24.6 Å². The molecule has 0 aromatic carbocycles. The number of amides is 1. The molecule has 8 heteroatoms. The first-order valence-electron chi connectivity index (χ1n) is 9.32. The van der Waals surface area contributed by atoms with Crippen molar-refractivity contribution in [2.45, 2.75) is 25.8 Å². The van der Waals surface area contributed by atoms with Crippen molar-refractivity contribution in [3.05, 3.63) is 30.9 Å². The van der Waals surface area contributed by atoms with Crippen molar-refractivity contribution < 1.29 is 4.79 Å². The Bertz CT molecular complexity index is 734. The Kier molecular flexibility index (Phi) is 4.73. The van der Waals surface area contributed by atoms with Gasteiger partial charge in [0.05, 0.1) is 0 Å². The Morgan fingerprint density at radius 2 is 1.65 bits per heavy atom. The summed E-state index contributed by atoms with van der Waals surface area (Å²) in [6.45, 7) is 7.02. The monoisotopic (exact) mass is 355 g/mol. The number of anilines is 2. The zero-order valence-electron chi connectivity index (χ0n) is 15.2. The molecule has 2 saturated heterocycles. The molecule has 2 aliphatic heterocycles. The second-order valence-corrected chi connectivity index (χ2v) is 6.90. The van der Waals surface area contributed by atoms with Crippen LogP contribution >= 0.6 is 0 Å². The third-order valence-corrected chi connectivity index (χ3v) is 5.26. The van der Waals surface area contributed by atoms with Gasteiger partial charge in [-0.25, -0.2) is 9.97 Å². The first-order valence-corrected chi connectivity index (χ1v) is 9.32. The normalized spacial score (nSPS) is 19.0. The maximum absolute atomic E-state index is 12.7. The summed E-state index contributed by atoms with van der Waals surface area (Å²) in [5.41, 5.74) is 0. The van der Waals surface area contributed by atoms with Crippen molar-refractivity contribution in [2.75, 3.05) is 49.1 Å². The maximum atomic E-state index is 12.7. The zero-order chi connectivity index (χ0) is 17.9. The molecule has 1 amide bonds. The fourth-order valence-electron chi connectivity index (χ4n) is 3.67. The molecule has 2 aliphatic rings. The molecule has 0 radical (unpaired) electrons. The van der Waals surface area contributed by atoms with Gasteiger partial charge in [0, 0.05) is 57.7 Å². The molecule has 4 rings (SSSR count). The van der Waals surface area contributed by atoms with Crippen molar-refractivity contribution >= 4 is 17.5 Å². The Morgan fingerprint density at radius 1 is 1.00 bits per heavy atom. The minimum Gasteiger partial charge on any atom is -0.356 e. The van der Waals surface area contributed by atoms with Crippen LogP contribution in [0.3, 0.4) is 0 Å². The highest BCUT2D eigenvalue weighted by atomic mass is 16.2. The summed E-state index contributed by atoms with van der Waals surface area (Å²) in [6.07, 6.45) is 7.65. The Labute approximate surface area is 153 Å². The van der Waals surface area contributed by atoms with Crippen molar-refractivity contribution in [1.29, 1.82) is 0 Å². The molecule has 2 aromatic heterocycles. The predicted octanol–water partition coefficient (Wildman–Crippen LogP) is 1.18. The molecule has 0 spiro atoms. The quantitative estimate of drug-likeness (QED) is 0.820. The van der Waals surface area contributed by atoms with Gasteiger partial charge in [-0.3, -0.25) is 9.48 Å². The van der Waals surface area contributed by atoms with E-state index in [4.69, 9.17) is 0 Å². The lowest BCUT2D eigenvalue weighted by atomic mass is 10.2. The number of aromatic nitrogens is 4. The number of hydrogen-bond acceptors (Lipinski definition) is 6. The molecule has 1 unspecified atom stereocenters. The summed E-state index contributed by atoms with van der Waals surface area (Å²) in [4.78, 5) is 28.0. The van der Waals surface area contributed by atoms with Crippen molar-refractivity contribution in [3.63, 3.8) is 0 Å². The number of nitrogens with zero attached hydrogens (tertiary/aromatic N) is 7. The number of piperazine rings is 1. The molecular formula is C18H25N7O. The summed E-state index contributed by atoms with van der Waals surface area (Å²) in [6, 6.07) is 3.65. The van der Waals surface area contributed by atoms with Crippen LogP contribution in [0, 0.1) is 0 Å². The molecule has 0 bridgehead atoms. The smallest absolute Gasteiger partial charge is 0.247 e. The van der Waals surface area contributed by atoms with E-state index in [1.54, 1.807) is 17.2 Å². The molecule has 0 aliphatic carbocycles. The Balaban J connectivity index is 1.37. The van der Waals surface area contributed by atoms with E-state index >= 15 is 0 Å². The molecule has 138 valence electrons. The Morgan fingerprint density at radius 3 is 2.27 bits per heavy atom. The highest BCUT2D eigenvalue weighted by Crippen LogP contribution is 2.22. The van der Waals surface area contributed by atoms with Crippen LogP contribution < -0.4 is 9.80 Å². The van der Waals surface area contributed by atoms with Gasteiger partial charge < -0.3 is 14.7 Å². The number of carbonyl (C=O) groups excluding carboxylic acids is 1. The average Bonchev–Trinajstić information content (AvgIpc) is 3.41. The molecule has 0 saturated carbocycles. The van der Waals surface area contributed by atoms with E-state index in [1.165, 1.54) is 12.8 Å². The van der Waals surface area contributed by atoms with Crippen LogP contribution in [0.2, 0.25) is 0 Å². The number of hydrogen-bond donors (Lipinski definition) is 0. The van der Waals surface area contributed by atoms with Crippen molar-refractivity contribution in [2.24, 2.45) is 0 Å². The van der Waals surface area contributed by atoms with Gasteiger partial charge in [0.1, 0.15) is 24.0 Å². The van der Waals surface area contributed by atoms with Crippen LogP contribution in [0.15, 0.2) is 30.9 Å². The summed E-state index contributed by atoms with van der Waals surface area (Å²) in [5, 5.41) is 4.18. The first kappa shape index (κ1) is 16.8. The average molecular weight is 355 g/mol. The largest absolute Gasteiger partial charge is 0.356 e. The minimum atomic E-state index is -0.266. The van der Waals surface area contributed by atoms with E-state index in [1.807, 2.05) is 24.1 Å². The second-order valence-electron chi connectivity index (χ2n) is 6.90. The van der Waals surface area contributed by atoms with Gasteiger partial charge >= 0.3 is 0 Å². The van der Waals surface area contributed by atoms with Gasteiger partial charge in [-0.1, -0.05) is 0 Å². The molecule has 8 nitrogen and oxygen atoms in total. The van der Waals surface area contributed by atoms with Gasteiger partial charge in [-0.05, 0) is 25.8 Å². The third kappa shape index (κ3) is 3.36. The van der Waals surface area contributed by atoms with Crippen LogP contribution in [0.5, 0.6) is 0 Å². The molecule has 2 fully saturated rings. The standard InChI is InChI=1S/C18H25N7O/c1-15(25-8-4-5-21-25)18(26)24-11-9-23(10-12-24)17-13-16(19-14-20-17)22-6-2-3-7-22/h4-5,8,13-15H,2-3,6-7,9-12H2,1H3. The van der Waals surface area contributed by atoms with Crippen LogP contribution in [0.4, 0.5) is 11.6 Å². The number of rotatable bonds is 4. The first-order chi connectivity index (χ1) is 12.7. The Hall–Kier alpha value is -2.64. The summed E-state index contributed by atoms with van der Waals surface area (Å²) in [5.74, 6) is 2.08. The van der Waals surface area contributed by atoms with E-state index in [-0.39, 0.29) is 11.9 Å². The summed E-state index contributed by atoms with van der Waals surface area (Å²) >= 11 is 0.